The van der Waals surface area contributed by atoms with Gasteiger partial charge in [0.2, 0.25) is 0 Å². The maximum absolute atomic E-state index is 8.91. The van der Waals surface area contributed by atoms with Gasteiger partial charge in [0.1, 0.15) is 11.8 Å². The first-order valence-corrected chi connectivity index (χ1v) is 4.30. The van der Waals surface area contributed by atoms with Crippen molar-refractivity contribution in [1.29, 1.82) is 5.26 Å². The van der Waals surface area contributed by atoms with E-state index < -0.39 is 0 Å². The zero-order valence-corrected chi connectivity index (χ0v) is 8.11. The Bertz CT molecular complexity index is 520. The van der Waals surface area contributed by atoms with Crippen LogP contribution in [-0.4, -0.2) is 11.7 Å². The lowest BCUT2D eigenvalue weighted by molar-refractivity contribution is 0.418. The Morgan fingerprint density at radius 2 is 2.21 bits per heavy atom. The third-order valence-electron chi connectivity index (χ3n) is 2.30. The maximum Gasteiger partial charge on any atom is 0.143 e. The molecule has 0 bridgehead atoms. The van der Waals surface area contributed by atoms with E-state index in [4.69, 9.17) is 10.00 Å². The van der Waals surface area contributed by atoms with Gasteiger partial charge in [-0.3, -0.25) is 0 Å². The van der Waals surface area contributed by atoms with E-state index >= 15 is 0 Å². The zero-order chi connectivity index (χ0) is 10.1. The predicted octanol–water partition coefficient (Wildman–Crippen LogP) is 2.06. The second-order valence-electron chi connectivity index (χ2n) is 3.12. The summed E-state index contributed by atoms with van der Waals surface area (Å²) in [4.78, 5) is 0. The number of para-hydroxylation sites is 1. The highest BCUT2D eigenvalue weighted by atomic mass is 16.5. The molecule has 0 radical (unpaired) electrons. The van der Waals surface area contributed by atoms with E-state index in [1.165, 1.54) is 0 Å². The summed E-state index contributed by atoms with van der Waals surface area (Å²) in [6, 6.07) is 7.88. The van der Waals surface area contributed by atoms with Gasteiger partial charge in [0.05, 0.1) is 18.2 Å². The minimum absolute atomic E-state index is 0.682. The molecule has 0 fully saturated rings. The molecule has 2 rings (SSSR count). The molecule has 0 spiro atoms. The Kier molecular flexibility index (Phi) is 1.90. The first-order valence-electron chi connectivity index (χ1n) is 4.30. The van der Waals surface area contributed by atoms with Crippen molar-refractivity contribution in [3.63, 3.8) is 0 Å². The molecular weight excluding hydrogens is 176 g/mol. The maximum atomic E-state index is 8.91. The van der Waals surface area contributed by atoms with Gasteiger partial charge in [-0.25, -0.2) is 0 Å². The molecule has 3 nitrogen and oxygen atoms in total. The van der Waals surface area contributed by atoms with E-state index in [0.29, 0.717) is 5.56 Å². The third-order valence-corrected chi connectivity index (χ3v) is 2.30. The molecule has 1 heterocycles. The van der Waals surface area contributed by atoms with Crippen molar-refractivity contribution >= 4 is 10.9 Å². The van der Waals surface area contributed by atoms with Crippen LogP contribution in [-0.2, 0) is 7.05 Å². The van der Waals surface area contributed by atoms with E-state index in [-0.39, 0.29) is 0 Å². The van der Waals surface area contributed by atoms with Crippen LogP contribution in [0.1, 0.15) is 5.56 Å². The van der Waals surface area contributed by atoms with Crippen molar-refractivity contribution < 1.29 is 4.74 Å². The average molecular weight is 186 g/mol. The van der Waals surface area contributed by atoms with Gasteiger partial charge < -0.3 is 9.30 Å². The van der Waals surface area contributed by atoms with Gasteiger partial charge in [0.25, 0.3) is 0 Å². The standard InChI is InChI=1S/C11H10N2O/c1-13-7-8(6-12)9-4-3-5-10(14-2)11(9)13/h3-5,7H,1-2H3. The quantitative estimate of drug-likeness (QED) is 0.683. The number of rotatable bonds is 1. The number of fused-ring (bicyclic) bond motifs is 1. The van der Waals surface area contributed by atoms with Crippen molar-refractivity contribution in [2.75, 3.05) is 7.11 Å². The first kappa shape index (κ1) is 8.64. The van der Waals surface area contributed by atoms with Crippen LogP contribution in [0.25, 0.3) is 10.9 Å². The molecule has 0 unspecified atom stereocenters. The fourth-order valence-corrected chi connectivity index (χ4v) is 1.69. The van der Waals surface area contributed by atoms with Crippen molar-refractivity contribution in [1.82, 2.24) is 4.57 Å². The van der Waals surface area contributed by atoms with Gasteiger partial charge in [-0.1, -0.05) is 12.1 Å². The van der Waals surface area contributed by atoms with E-state index in [0.717, 1.165) is 16.7 Å². The van der Waals surface area contributed by atoms with Crippen LogP contribution in [0.3, 0.4) is 0 Å². The fourth-order valence-electron chi connectivity index (χ4n) is 1.69. The van der Waals surface area contributed by atoms with E-state index in [2.05, 4.69) is 6.07 Å². The molecule has 3 heteroatoms. The Labute approximate surface area is 82.1 Å². The van der Waals surface area contributed by atoms with Gasteiger partial charge in [0.15, 0.2) is 0 Å². The highest BCUT2D eigenvalue weighted by Crippen LogP contribution is 2.28. The average Bonchev–Trinajstić information content (AvgIpc) is 2.55. The number of hydrogen-bond donors (Lipinski definition) is 0. The SMILES string of the molecule is COc1cccc2c(C#N)cn(C)c12. The number of nitrogens with zero attached hydrogens (tertiary/aromatic N) is 2. The summed E-state index contributed by atoms with van der Waals surface area (Å²) >= 11 is 0. The molecule has 0 amide bonds. The molecule has 0 saturated carbocycles. The minimum Gasteiger partial charge on any atom is -0.495 e. The van der Waals surface area contributed by atoms with Crippen LogP contribution in [0.4, 0.5) is 0 Å². The first-order chi connectivity index (χ1) is 6.77. The van der Waals surface area contributed by atoms with Crippen LogP contribution in [0.2, 0.25) is 0 Å². The van der Waals surface area contributed by atoms with E-state index in [1.807, 2.05) is 36.0 Å². The number of benzene rings is 1. The summed E-state index contributed by atoms with van der Waals surface area (Å²) in [6.07, 6.45) is 1.81. The normalized spacial score (nSPS) is 10.1. The molecule has 0 aliphatic heterocycles. The summed E-state index contributed by atoms with van der Waals surface area (Å²) < 4.78 is 7.15. The summed E-state index contributed by atoms with van der Waals surface area (Å²) in [5.41, 5.74) is 1.65. The van der Waals surface area contributed by atoms with Crippen LogP contribution < -0.4 is 4.74 Å². The summed E-state index contributed by atoms with van der Waals surface area (Å²) in [7, 11) is 3.54. The molecule has 14 heavy (non-hydrogen) atoms. The molecule has 0 N–H and O–H groups in total. The molecule has 2 aromatic rings. The molecule has 0 aliphatic rings. The van der Waals surface area contributed by atoms with Crippen molar-refractivity contribution in [3.8, 4) is 11.8 Å². The number of methoxy groups -OCH3 is 1. The van der Waals surface area contributed by atoms with E-state index in [1.54, 1.807) is 7.11 Å². The van der Waals surface area contributed by atoms with E-state index in [9.17, 15) is 0 Å². The van der Waals surface area contributed by atoms with Gasteiger partial charge in [-0.05, 0) is 6.07 Å². The van der Waals surface area contributed by atoms with Gasteiger partial charge >= 0.3 is 0 Å². The lowest BCUT2D eigenvalue weighted by Crippen LogP contribution is -1.89. The largest absolute Gasteiger partial charge is 0.495 e. The van der Waals surface area contributed by atoms with Crippen LogP contribution in [0, 0.1) is 11.3 Å². The molecule has 0 atom stereocenters. The smallest absolute Gasteiger partial charge is 0.143 e. The lowest BCUT2D eigenvalue weighted by atomic mass is 10.2. The highest BCUT2D eigenvalue weighted by Gasteiger charge is 2.09. The van der Waals surface area contributed by atoms with Crippen LogP contribution in [0.15, 0.2) is 24.4 Å². The lowest BCUT2D eigenvalue weighted by Gasteiger charge is -2.03. The van der Waals surface area contributed by atoms with Crippen molar-refractivity contribution in [2.45, 2.75) is 0 Å². The van der Waals surface area contributed by atoms with Gasteiger partial charge in [-0.2, -0.15) is 5.26 Å². The van der Waals surface area contributed by atoms with Crippen molar-refractivity contribution in [2.24, 2.45) is 7.05 Å². The second-order valence-corrected chi connectivity index (χ2v) is 3.12. The Hall–Kier alpha value is -1.95. The molecule has 1 aromatic carbocycles. The Morgan fingerprint density at radius 3 is 2.86 bits per heavy atom. The zero-order valence-electron chi connectivity index (χ0n) is 8.11. The number of ether oxygens (including phenoxy) is 1. The van der Waals surface area contributed by atoms with Gasteiger partial charge in [0, 0.05) is 18.6 Å². The summed E-state index contributed by atoms with van der Waals surface area (Å²) in [5, 5.41) is 9.85. The number of aryl methyl sites for hydroxylation is 1. The third kappa shape index (κ3) is 1.05. The second kappa shape index (κ2) is 3.08. The minimum atomic E-state index is 0.682. The summed E-state index contributed by atoms with van der Waals surface area (Å²) in [5.74, 6) is 0.798. The summed E-state index contributed by atoms with van der Waals surface area (Å²) in [6.45, 7) is 0. The Balaban J connectivity index is 2.90. The predicted molar refractivity (Wildman–Crippen MR) is 54.2 cm³/mol. The molecular formula is C11H10N2O. The molecule has 0 aliphatic carbocycles. The number of hydrogen-bond acceptors (Lipinski definition) is 2. The molecule has 70 valence electrons. The topological polar surface area (TPSA) is 37.9 Å². The molecule has 1 aromatic heterocycles. The monoisotopic (exact) mass is 186 g/mol. The van der Waals surface area contributed by atoms with Crippen LogP contribution in [0.5, 0.6) is 5.75 Å². The van der Waals surface area contributed by atoms with Crippen LogP contribution >= 0.6 is 0 Å². The molecule has 0 saturated heterocycles. The Morgan fingerprint density at radius 1 is 1.43 bits per heavy atom. The van der Waals surface area contributed by atoms with Crippen molar-refractivity contribution in [3.05, 3.63) is 30.0 Å². The van der Waals surface area contributed by atoms with Gasteiger partial charge in [-0.15, -0.1) is 0 Å². The number of aromatic nitrogens is 1. The fraction of sp³-hybridized carbons (Fsp3) is 0.182. The number of nitriles is 1. The highest BCUT2D eigenvalue weighted by molar-refractivity contribution is 5.90.